The fourth-order valence-corrected chi connectivity index (χ4v) is 2.37. The normalized spacial score (nSPS) is 15.9. The summed E-state index contributed by atoms with van der Waals surface area (Å²) >= 11 is 0. The molecule has 3 rings (SSSR count). The lowest BCUT2D eigenvalue weighted by Gasteiger charge is -2.26. The molecule has 0 spiro atoms. The number of rotatable bonds is 4. The average Bonchev–Trinajstić information content (AvgIpc) is 2.84. The molecule has 6 heteroatoms. The van der Waals surface area contributed by atoms with Crippen molar-refractivity contribution in [3.8, 4) is 11.4 Å². The molecule has 0 aromatic carbocycles. The Kier molecular flexibility index (Phi) is 2.87. The van der Waals surface area contributed by atoms with Gasteiger partial charge in [-0.15, -0.1) is 5.10 Å². The van der Waals surface area contributed by atoms with Crippen molar-refractivity contribution in [1.29, 1.82) is 0 Å². The molecule has 1 N–H and O–H groups in total. The van der Waals surface area contributed by atoms with Gasteiger partial charge in [-0.2, -0.15) is 5.10 Å². The van der Waals surface area contributed by atoms with Crippen molar-refractivity contribution in [3.05, 3.63) is 18.0 Å². The minimum absolute atomic E-state index is 0.507. The average molecular weight is 246 g/mol. The first-order valence-corrected chi connectivity index (χ1v) is 6.38. The lowest BCUT2D eigenvalue weighted by molar-refractivity contribution is 0.287. The van der Waals surface area contributed by atoms with Crippen molar-refractivity contribution in [3.63, 3.8) is 0 Å². The Morgan fingerprint density at radius 1 is 1.44 bits per heavy atom. The molecule has 2 heterocycles. The maximum atomic E-state index is 4.34. The molecule has 6 nitrogen and oxygen atoms in total. The third kappa shape index (κ3) is 1.73. The monoisotopic (exact) mass is 246 g/mol. The maximum Gasteiger partial charge on any atom is 0.111 e. The Bertz CT molecular complexity index is 537. The number of nitrogens with zero attached hydrogens (tertiary/aromatic N) is 5. The van der Waals surface area contributed by atoms with Gasteiger partial charge < -0.3 is 5.32 Å². The minimum Gasteiger partial charge on any atom is -0.314 e. The van der Waals surface area contributed by atoms with E-state index < -0.39 is 0 Å². The summed E-state index contributed by atoms with van der Waals surface area (Å²) in [5.41, 5.74) is 3.18. The highest BCUT2D eigenvalue weighted by molar-refractivity contribution is 5.57. The van der Waals surface area contributed by atoms with Gasteiger partial charge in [0.15, 0.2) is 0 Å². The van der Waals surface area contributed by atoms with Gasteiger partial charge in [-0.25, -0.2) is 4.68 Å². The molecular formula is C12H18N6. The summed E-state index contributed by atoms with van der Waals surface area (Å²) < 4.78 is 3.96. The van der Waals surface area contributed by atoms with Crippen LogP contribution in [0.1, 0.15) is 31.0 Å². The van der Waals surface area contributed by atoms with E-state index in [4.69, 9.17) is 0 Å². The second-order valence-electron chi connectivity index (χ2n) is 4.78. The van der Waals surface area contributed by atoms with E-state index in [1.807, 2.05) is 31.0 Å². The van der Waals surface area contributed by atoms with Crippen molar-refractivity contribution in [2.45, 2.75) is 31.8 Å². The number of hydrogen-bond acceptors (Lipinski definition) is 4. The second kappa shape index (κ2) is 4.53. The first kappa shape index (κ1) is 11.4. The Morgan fingerprint density at radius 2 is 2.28 bits per heavy atom. The molecule has 96 valence electrons. The molecule has 2 aromatic heterocycles. The zero-order valence-corrected chi connectivity index (χ0v) is 10.8. The van der Waals surface area contributed by atoms with Crippen LogP contribution < -0.4 is 5.32 Å². The first-order chi connectivity index (χ1) is 8.81. The zero-order chi connectivity index (χ0) is 12.5. The predicted octanol–water partition coefficient (Wildman–Crippen LogP) is 1.12. The van der Waals surface area contributed by atoms with Crippen LogP contribution in [-0.2, 0) is 13.6 Å². The van der Waals surface area contributed by atoms with Crippen molar-refractivity contribution in [2.75, 3.05) is 7.05 Å². The topological polar surface area (TPSA) is 60.6 Å². The summed E-state index contributed by atoms with van der Waals surface area (Å²) in [6.45, 7) is 0.729. The van der Waals surface area contributed by atoms with Gasteiger partial charge in [0.25, 0.3) is 0 Å². The summed E-state index contributed by atoms with van der Waals surface area (Å²) in [7, 11) is 3.88. The van der Waals surface area contributed by atoms with Crippen LogP contribution in [0.3, 0.4) is 0 Å². The Morgan fingerprint density at radius 3 is 2.83 bits per heavy atom. The molecule has 0 bridgehead atoms. The van der Waals surface area contributed by atoms with E-state index >= 15 is 0 Å². The Hall–Kier alpha value is -1.69. The van der Waals surface area contributed by atoms with Crippen LogP contribution >= 0.6 is 0 Å². The van der Waals surface area contributed by atoms with Gasteiger partial charge in [-0.1, -0.05) is 5.21 Å². The van der Waals surface area contributed by atoms with Crippen LogP contribution in [0.25, 0.3) is 11.4 Å². The van der Waals surface area contributed by atoms with Crippen LogP contribution in [0.4, 0.5) is 0 Å². The highest BCUT2D eigenvalue weighted by atomic mass is 15.5. The van der Waals surface area contributed by atoms with E-state index in [1.165, 1.54) is 19.3 Å². The number of nitrogens with one attached hydrogen (secondary N) is 1. The number of aromatic nitrogens is 5. The molecule has 2 aromatic rings. The fraction of sp³-hybridized carbons (Fsp3) is 0.583. The lowest BCUT2D eigenvalue weighted by atomic mass is 9.93. The molecule has 0 radical (unpaired) electrons. The molecule has 0 atom stereocenters. The molecule has 0 amide bonds. The van der Waals surface area contributed by atoms with E-state index in [1.54, 1.807) is 0 Å². The third-order valence-electron chi connectivity index (χ3n) is 3.59. The standard InChI is InChI=1S/C12H18N6/c1-13-8-10-12(11-6-7-14-17(11)2)18(16-15-10)9-4-3-5-9/h6-7,9,13H,3-5,8H2,1-2H3. The van der Waals surface area contributed by atoms with Gasteiger partial charge in [0.1, 0.15) is 11.4 Å². The Labute approximate surface area is 106 Å². The van der Waals surface area contributed by atoms with E-state index in [0.29, 0.717) is 6.04 Å². The smallest absolute Gasteiger partial charge is 0.111 e. The van der Waals surface area contributed by atoms with Crippen molar-refractivity contribution in [2.24, 2.45) is 7.05 Å². The van der Waals surface area contributed by atoms with Crippen LogP contribution in [-0.4, -0.2) is 31.8 Å². The van der Waals surface area contributed by atoms with Crippen LogP contribution in [0.15, 0.2) is 12.3 Å². The maximum absolute atomic E-state index is 4.34. The first-order valence-electron chi connectivity index (χ1n) is 6.38. The minimum atomic E-state index is 0.507. The van der Waals surface area contributed by atoms with Gasteiger partial charge in [-0.05, 0) is 32.4 Å². The zero-order valence-electron chi connectivity index (χ0n) is 10.8. The second-order valence-corrected chi connectivity index (χ2v) is 4.78. The molecular weight excluding hydrogens is 228 g/mol. The lowest BCUT2D eigenvalue weighted by Crippen LogP contribution is -2.20. The van der Waals surface area contributed by atoms with E-state index in [2.05, 4.69) is 25.4 Å². The number of hydrogen-bond donors (Lipinski definition) is 1. The highest BCUT2D eigenvalue weighted by Gasteiger charge is 2.26. The van der Waals surface area contributed by atoms with E-state index in [-0.39, 0.29) is 0 Å². The quantitative estimate of drug-likeness (QED) is 0.878. The molecule has 0 aliphatic heterocycles. The molecule has 0 saturated heterocycles. The summed E-state index contributed by atoms with van der Waals surface area (Å²) in [5, 5.41) is 16.0. The summed E-state index contributed by atoms with van der Waals surface area (Å²) in [6.07, 6.45) is 5.51. The van der Waals surface area contributed by atoms with Gasteiger partial charge in [-0.3, -0.25) is 4.68 Å². The summed E-state index contributed by atoms with van der Waals surface area (Å²) in [6, 6.07) is 2.53. The van der Waals surface area contributed by atoms with Gasteiger partial charge >= 0.3 is 0 Å². The third-order valence-corrected chi connectivity index (χ3v) is 3.59. The van der Waals surface area contributed by atoms with Crippen molar-refractivity contribution >= 4 is 0 Å². The molecule has 1 fully saturated rings. The molecule has 0 unspecified atom stereocenters. The van der Waals surface area contributed by atoms with Gasteiger partial charge in [0.05, 0.1) is 11.7 Å². The van der Waals surface area contributed by atoms with E-state index in [9.17, 15) is 0 Å². The van der Waals surface area contributed by atoms with E-state index in [0.717, 1.165) is 23.6 Å². The van der Waals surface area contributed by atoms with Crippen LogP contribution in [0, 0.1) is 0 Å². The van der Waals surface area contributed by atoms with Crippen LogP contribution in [0.2, 0.25) is 0 Å². The molecule has 18 heavy (non-hydrogen) atoms. The van der Waals surface area contributed by atoms with Gasteiger partial charge in [0.2, 0.25) is 0 Å². The van der Waals surface area contributed by atoms with Crippen LogP contribution in [0.5, 0.6) is 0 Å². The largest absolute Gasteiger partial charge is 0.314 e. The number of aryl methyl sites for hydroxylation is 1. The molecule has 1 aliphatic carbocycles. The highest BCUT2D eigenvalue weighted by Crippen LogP contribution is 2.35. The van der Waals surface area contributed by atoms with Crippen molar-refractivity contribution in [1.82, 2.24) is 30.1 Å². The van der Waals surface area contributed by atoms with Crippen molar-refractivity contribution < 1.29 is 0 Å². The SMILES string of the molecule is CNCc1nnn(C2CCC2)c1-c1ccnn1C. The fourth-order valence-electron chi connectivity index (χ4n) is 2.37. The molecule has 1 saturated carbocycles. The summed E-state index contributed by atoms with van der Waals surface area (Å²) in [5.74, 6) is 0. The predicted molar refractivity (Wildman–Crippen MR) is 67.9 cm³/mol. The summed E-state index contributed by atoms with van der Waals surface area (Å²) in [4.78, 5) is 0. The van der Waals surface area contributed by atoms with Gasteiger partial charge in [0, 0.05) is 19.8 Å². The molecule has 1 aliphatic rings. The Balaban J connectivity index is 2.08.